The molecule has 1 aromatic heterocycles. The highest BCUT2D eigenvalue weighted by molar-refractivity contribution is 5.90. The first-order chi connectivity index (χ1) is 10.8. The smallest absolute Gasteiger partial charge is 0.224 e. The van der Waals surface area contributed by atoms with Crippen LogP contribution in [0.1, 0.15) is 25.7 Å². The molecule has 1 amide bonds. The second-order valence-corrected chi connectivity index (χ2v) is 5.65. The molecule has 0 radical (unpaired) electrons. The second kappa shape index (κ2) is 7.17. The average Bonchev–Trinajstić information content (AvgIpc) is 3.09. The molecule has 1 aromatic carbocycles. The van der Waals surface area contributed by atoms with Crippen molar-refractivity contribution in [2.45, 2.75) is 25.7 Å². The maximum atomic E-state index is 12.0. The van der Waals surface area contributed by atoms with Gasteiger partial charge in [-0.05, 0) is 62.5 Å². The van der Waals surface area contributed by atoms with E-state index in [9.17, 15) is 4.79 Å². The van der Waals surface area contributed by atoms with Crippen LogP contribution in [0.3, 0.4) is 0 Å². The normalized spacial score (nSPS) is 15.6. The minimum atomic E-state index is 0.0866. The van der Waals surface area contributed by atoms with Gasteiger partial charge in [0, 0.05) is 12.1 Å². The first kappa shape index (κ1) is 14.7. The lowest BCUT2D eigenvalue weighted by atomic mass is 9.93. The Morgan fingerprint density at radius 1 is 1.18 bits per heavy atom. The van der Waals surface area contributed by atoms with Gasteiger partial charge in [0.05, 0.1) is 18.1 Å². The number of amides is 1. The molecule has 0 spiro atoms. The van der Waals surface area contributed by atoms with Crippen LogP contribution in [0.2, 0.25) is 0 Å². The number of rotatable bonds is 5. The van der Waals surface area contributed by atoms with Gasteiger partial charge < -0.3 is 10.6 Å². The number of benzene rings is 1. The van der Waals surface area contributed by atoms with E-state index in [4.69, 9.17) is 0 Å². The average molecular weight is 299 g/mol. The van der Waals surface area contributed by atoms with Gasteiger partial charge in [0.25, 0.3) is 0 Å². The molecule has 6 heteroatoms. The van der Waals surface area contributed by atoms with Crippen molar-refractivity contribution >= 4 is 11.6 Å². The third-order valence-corrected chi connectivity index (χ3v) is 4.04. The molecule has 1 fully saturated rings. The molecule has 2 aromatic rings. The molecule has 1 saturated heterocycles. The molecule has 1 aliphatic rings. The first-order valence-corrected chi connectivity index (χ1v) is 7.78. The maximum Gasteiger partial charge on any atom is 0.224 e. The quantitative estimate of drug-likeness (QED) is 0.885. The molecule has 6 nitrogen and oxygen atoms in total. The third kappa shape index (κ3) is 3.92. The molecule has 116 valence electrons. The highest BCUT2D eigenvalue weighted by Crippen LogP contribution is 2.18. The number of hydrogen-bond acceptors (Lipinski definition) is 4. The number of nitrogens with one attached hydrogen (secondary N) is 2. The van der Waals surface area contributed by atoms with Crippen molar-refractivity contribution in [3.8, 4) is 5.69 Å². The molecule has 2 N–H and O–H groups in total. The molecular weight excluding hydrogens is 278 g/mol. The van der Waals surface area contributed by atoms with Crippen LogP contribution in [0.25, 0.3) is 5.69 Å². The topological polar surface area (TPSA) is 71.8 Å². The van der Waals surface area contributed by atoms with Crippen molar-refractivity contribution in [3.63, 3.8) is 0 Å². The molecule has 2 heterocycles. The number of carbonyl (C=O) groups excluding carboxylic acids is 1. The van der Waals surface area contributed by atoms with E-state index in [1.165, 1.54) is 12.8 Å². The van der Waals surface area contributed by atoms with E-state index < -0.39 is 0 Å². The monoisotopic (exact) mass is 299 g/mol. The largest absolute Gasteiger partial charge is 0.326 e. The zero-order chi connectivity index (χ0) is 15.2. The zero-order valence-corrected chi connectivity index (χ0v) is 12.5. The Kier molecular flexibility index (Phi) is 4.80. The molecule has 1 aliphatic heterocycles. The fourth-order valence-electron chi connectivity index (χ4n) is 2.76. The van der Waals surface area contributed by atoms with Gasteiger partial charge in [-0.3, -0.25) is 4.79 Å². The van der Waals surface area contributed by atoms with Crippen LogP contribution in [-0.4, -0.2) is 34.0 Å². The number of carbonyl (C=O) groups is 1. The molecular formula is C16H21N5O. The third-order valence-electron chi connectivity index (χ3n) is 4.04. The van der Waals surface area contributed by atoms with Gasteiger partial charge in [-0.1, -0.05) is 0 Å². The number of nitrogens with zero attached hydrogens (tertiary/aromatic N) is 3. The summed E-state index contributed by atoms with van der Waals surface area (Å²) in [7, 11) is 0. The van der Waals surface area contributed by atoms with Crippen LogP contribution >= 0.6 is 0 Å². The summed E-state index contributed by atoms with van der Waals surface area (Å²) < 4.78 is 0. The minimum absolute atomic E-state index is 0.0866. The fourth-order valence-corrected chi connectivity index (χ4v) is 2.76. The lowest BCUT2D eigenvalue weighted by Crippen LogP contribution is -2.28. The summed E-state index contributed by atoms with van der Waals surface area (Å²) in [4.78, 5) is 13.6. The summed E-state index contributed by atoms with van der Waals surface area (Å²) >= 11 is 0. The Morgan fingerprint density at radius 3 is 2.55 bits per heavy atom. The lowest BCUT2D eigenvalue weighted by molar-refractivity contribution is -0.116. The zero-order valence-electron chi connectivity index (χ0n) is 12.5. The highest BCUT2D eigenvalue weighted by atomic mass is 16.1. The fraction of sp³-hybridized carbons (Fsp3) is 0.438. The Bertz CT molecular complexity index is 588. The van der Waals surface area contributed by atoms with Gasteiger partial charge >= 0.3 is 0 Å². The van der Waals surface area contributed by atoms with Crippen LogP contribution < -0.4 is 10.6 Å². The van der Waals surface area contributed by atoms with Gasteiger partial charge in [0.2, 0.25) is 5.91 Å². The molecule has 0 bridgehead atoms. The van der Waals surface area contributed by atoms with Crippen LogP contribution in [0.15, 0.2) is 36.7 Å². The summed E-state index contributed by atoms with van der Waals surface area (Å²) in [5.74, 6) is 0.767. The molecule has 3 rings (SSSR count). The Morgan fingerprint density at radius 2 is 1.86 bits per heavy atom. The second-order valence-electron chi connectivity index (χ2n) is 5.65. The molecule has 22 heavy (non-hydrogen) atoms. The van der Waals surface area contributed by atoms with E-state index in [2.05, 4.69) is 20.8 Å². The molecule has 0 unspecified atom stereocenters. The Labute approximate surface area is 129 Å². The van der Waals surface area contributed by atoms with Gasteiger partial charge in [0.15, 0.2) is 0 Å². The Hall–Kier alpha value is -2.21. The molecule has 0 atom stereocenters. The lowest BCUT2D eigenvalue weighted by Gasteiger charge is -2.22. The summed E-state index contributed by atoms with van der Waals surface area (Å²) in [6.07, 6.45) is 7.20. The number of anilines is 1. The van der Waals surface area contributed by atoms with Crippen molar-refractivity contribution in [1.29, 1.82) is 0 Å². The summed E-state index contributed by atoms with van der Waals surface area (Å²) in [5.41, 5.74) is 1.68. The maximum absolute atomic E-state index is 12.0. The summed E-state index contributed by atoms with van der Waals surface area (Å²) in [5, 5.41) is 14.4. The van der Waals surface area contributed by atoms with Gasteiger partial charge in [-0.15, -0.1) is 0 Å². The van der Waals surface area contributed by atoms with Crippen LogP contribution in [0, 0.1) is 5.92 Å². The SMILES string of the molecule is O=C(CCC1CCNCC1)Nc1ccc(-n2nccn2)cc1. The van der Waals surface area contributed by atoms with E-state index in [-0.39, 0.29) is 5.91 Å². The molecule has 0 aliphatic carbocycles. The van der Waals surface area contributed by atoms with E-state index >= 15 is 0 Å². The summed E-state index contributed by atoms with van der Waals surface area (Å²) in [6.45, 7) is 2.16. The van der Waals surface area contributed by atoms with Crippen LogP contribution in [0.4, 0.5) is 5.69 Å². The molecule has 0 saturated carbocycles. The van der Waals surface area contributed by atoms with Crippen molar-refractivity contribution < 1.29 is 4.79 Å². The van der Waals surface area contributed by atoms with Gasteiger partial charge in [-0.25, -0.2) is 0 Å². The van der Waals surface area contributed by atoms with Gasteiger partial charge in [-0.2, -0.15) is 15.0 Å². The number of piperidine rings is 1. The first-order valence-electron chi connectivity index (χ1n) is 7.78. The van der Waals surface area contributed by atoms with Crippen LogP contribution in [0.5, 0.6) is 0 Å². The van der Waals surface area contributed by atoms with Crippen molar-refractivity contribution in [2.75, 3.05) is 18.4 Å². The van der Waals surface area contributed by atoms with E-state index in [1.807, 2.05) is 24.3 Å². The van der Waals surface area contributed by atoms with E-state index in [0.717, 1.165) is 30.9 Å². The predicted molar refractivity (Wildman–Crippen MR) is 84.8 cm³/mol. The van der Waals surface area contributed by atoms with Crippen LogP contribution in [-0.2, 0) is 4.79 Å². The van der Waals surface area contributed by atoms with E-state index in [1.54, 1.807) is 17.2 Å². The number of aromatic nitrogens is 3. The van der Waals surface area contributed by atoms with Crippen molar-refractivity contribution in [3.05, 3.63) is 36.7 Å². The van der Waals surface area contributed by atoms with Gasteiger partial charge in [0.1, 0.15) is 0 Å². The Balaban J connectivity index is 1.48. The highest BCUT2D eigenvalue weighted by Gasteiger charge is 2.14. The van der Waals surface area contributed by atoms with Crippen molar-refractivity contribution in [1.82, 2.24) is 20.3 Å². The predicted octanol–water partition coefficient (Wildman–Crippen LogP) is 1.99. The number of hydrogen-bond donors (Lipinski definition) is 2. The van der Waals surface area contributed by atoms with Crippen molar-refractivity contribution in [2.24, 2.45) is 5.92 Å². The minimum Gasteiger partial charge on any atom is -0.326 e. The van der Waals surface area contributed by atoms with E-state index in [0.29, 0.717) is 12.3 Å². The summed E-state index contributed by atoms with van der Waals surface area (Å²) in [6, 6.07) is 7.53. The standard InChI is InChI=1S/C16H21N5O/c22-16(6-1-13-7-9-17-10-8-13)20-14-2-4-15(5-3-14)21-18-11-12-19-21/h2-5,11-13,17H,1,6-10H2,(H,20,22).